The molecule has 5 heteroatoms. The van der Waals surface area contributed by atoms with E-state index in [1.54, 1.807) is 10.8 Å². The number of aromatic nitrogens is 2. The highest BCUT2D eigenvalue weighted by molar-refractivity contribution is 4.84. The molecule has 1 aromatic rings. The SMILES string of the molecule is O=c1ccn(CC2CCCCN2)c(=O)[nH]1. The van der Waals surface area contributed by atoms with Gasteiger partial charge in [0, 0.05) is 24.8 Å². The zero-order valence-corrected chi connectivity index (χ0v) is 8.53. The van der Waals surface area contributed by atoms with Crippen molar-refractivity contribution in [3.8, 4) is 0 Å². The molecule has 0 bridgehead atoms. The first-order valence-corrected chi connectivity index (χ1v) is 5.29. The second kappa shape index (κ2) is 4.44. The first-order valence-electron chi connectivity index (χ1n) is 5.29. The lowest BCUT2D eigenvalue weighted by Crippen LogP contribution is -2.41. The zero-order valence-electron chi connectivity index (χ0n) is 8.53. The molecular weight excluding hydrogens is 194 g/mol. The number of H-pyrrole nitrogens is 1. The molecule has 15 heavy (non-hydrogen) atoms. The lowest BCUT2D eigenvalue weighted by atomic mass is 10.1. The fraction of sp³-hybridized carbons (Fsp3) is 0.600. The van der Waals surface area contributed by atoms with Crippen molar-refractivity contribution in [1.29, 1.82) is 0 Å². The number of rotatable bonds is 2. The molecule has 1 unspecified atom stereocenters. The molecule has 1 aliphatic heterocycles. The van der Waals surface area contributed by atoms with Crippen molar-refractivity contribution in [3.63, 3.8) is 0 Å². The van der Waals surface area contributed by atoms with Gasteiger partial charge in [-0.05, 0) is 19.4 Å². The normalized spacial score (nSPS) is 21.5. The predicted octanol–water partition coefficient (Wildman–Crippen LogP) is -0.321. The van der Waals surface area contributed by atoms with Crippen molar-refractivity contribution in [1.82, 2.24) is 14.9 Å². The first-order chi connectivity index (χ1) is 7.25. The number of piperidine rings is 1. The van der Waals surface area contributed by atoms with Gasteiger partial charge in [0.1, 0.15) is 0 Å². The standard InChI is InChI=1S/C10H15N3O2/c14-9-4-6-13(10(15)12-9)7-8-3-1-2-5-11-8/h4,6,8,11H,1-3,5,7H2,(H,12,14,15). The van der Waals surface area contributed by atoms with E-state index in [0.717, 1.165) is 13.0 Å². The molecule has 0 saturated carbocycles. The zero-order chi connectivity index (χ0) is 10.7. The number of nitrogens with one attached hydrogen (secondary N) is 2. The summed E-state index contributed by atoms with van der Waals surface area (Å²) < 4.78 is 1.55. The second-order valence-electron chi connectivity index (χ2n) is 3.91. The molecular formula is C10H15N3O2. The molecule has 1 aliphatic rings. The monoisotopic (exact) mass is 209 g/mol. The summed E-state index contributed by atoms with van der Waals surface area (Å²) in [5.41, 5.74) is -0.664. The molecule has 0 aliphatic carbocycles. The van der Waals surface area contributed by atoms with E-state index in [0.29, 0.717) is 12.6 Å². The third-order valence-electron chi connectivity index (χ3n) is 2.73. The van der Waals surface area contributed by atoms with Crippen molar-refractivity contribution in [2.24, 2.45) is 0 Å². The van der Waals surface area contributed by atoms with Crippen molar-refractivity contribution in [2.75, 3.05) is 6.54 Å². The molecule has 1 fully saturated rings. The Bertz CT molecular complexity index is 429. The molecule has 2 rings (SSSR count). The van der Waals surface area contributed by atoms with E-state index in [9.17, 15) is 9.59 Å². The molecule has 0 amide bonds. The highest BCUT2D eigenvalue weighted by Gasteiger charge is 2.13. The summed E-state index contributed by atoms with van der Waals surface area (Å²) in [6, 6.07) is 1.73. The van der Waals surface area contributed by atoms with Gasteiger partial charge in [0.2, 0.25) is 0 Å². The Morgan fingerprint density at radius 2 is 2.27 bits per heavy atom. The molecule has 1 aromatic heterocycles. The number of hydrogen-bond donors (Lipinski definition) is 2. The second-order valence-corrected chi connectivity index (χ2v) is 3.91. The van der Waals surface area contributed by atoms with Crippen LogP contribution in [-0.4, -0.2) is 22.1 Å². The van der Waals surface area contributed by atoms with Crippen molar-refractivity contribution >= 4 is 0 Å². The Morgan fingerprint density at radius 1 is 1.40 bits per heavy atom. The highest BCUT2D eigenvalue weighted by atomic mass is 16.2. The molecule has 0 spiro atoms. The van der Waals surface area contributed by atoms with E-state index in [2.05, 4.69) is 10.3 Å². The van der Waals surface area contributed by atoms with Crippen molar-refractivity contribution < 1.29 is 0 Å². The van der Waals surface area contributed by atoms with E-state index < -0.39 is 0 Å². The largest absolute Gasteiger partial charge is 0.328 e. The van der Waals surface area contributed by atoms with Gasteiger partial charge >= 0.3 is 5.69 Å². The number of hydrogen-bond acceptors (Lipinski definition) is 3. The summed E-state index contributed by atoms with van der Waals surface area (Å²) in [6.07, 6.45) is 5.05. The van der Waals surface area contributed by atoms with Gasteiger partial charge in [-0.1, -0.05) is 6.42 Å². The molecule has 0 aromatic carbocycles. The molecule has 2 heterocycles. The lowest BCUT2D eigenvalue weighted by molar-refractivity contribution is 0.357. The molecule has 82 valence electrons. The molecule has 5 nitrogen and oxygen atoms in total. The molecule has 1 saturated heterocycles. The van der Waals surface area contributed by atoms with Crippen LogP contribution in [0.4, 0.5) is 0 Å². The summed E-state index contributed by atoms with van der Waals surface area (Å²) in [4.78, 5) is 24.5. The predicted molar refractivity (Wildman–Crippen MR) is 57.0 cm³/mol. The van der Waals surface area contributed by atoms with Crippen LogP contribution in [-0.2, 0) is 6.54 Å². The lowest BCUT2D eigenvalue weighted by Gasteiger charge is -2.23. The summed E-state index contributed by atoms with van der Waals surface area (Å²) in [5, 5.41) is 3.36. The minimum Gasteiger partial charge on any atom is -0.312 e. The Labute approximate surface area is 87.1 Å². The van der Waals surface area contributed by atoms with Gasteiger partial charge in [-0.15, -0.1) is 0 Å². The molecule has 0 radical (unpaired) electrons. The number of aromatic amines is 1. The maximum atomic E-state index is 11.4. The van der Waals surface area contributed by atoms with Crippen LogP contribution < -0.4 is 16.6 Å². The van der Waals surface area contributed by atoms with Gasteiger partial charge in [-0.25, -0.2) is 4.79 Å². The minimum atomic E-state index is -0.340. The van der Waals surface area contributed by atoms with Gasteiger partial charge in [0.05, 0.1) is 0 Å². The van der Waals surface area contributed by atoms with Crippen LogP contribution in [0.25, 0.3) is 0 Å². The summed E-state index contributed by atoms with van der Waals surface area (Å²) >= 11 is 0. The third-order valence-corrected chi connectivity index (χ3v) is 2.73. The average Bonchev–Trinajstić information content (AvgIpc) is 2.24. The van der Waals surface area contributed by atoms with Crippen LogP contribution in [0.5, 0.6) is 0 Å². The van der Waals surface area contributed by atoms with E-state index in [-0.39, 0.29) is 11.2 Å². The Morgan fingerprint density at radius 3 is 2.93 bits per heavy atom. The van der Waals surface area contributed by atoms with Crippen LogP contribution in [0, 0.1) is 0 Å². The minimum absolute atomic E-state index is 0.324. The first kappa shape index (κ1) is 10.2. The average molecular weight is 209 g/mol. The van der Waals surface area contributed by atoms with Crippen LogP contribution in [0.3, 0.4) is 0 Å². The number of nitrogens with zero attached hydrogens (tertiary/aromatic N) is 1. The van der Waals surface area contributed by atoms with E-state index in [1.807, 2.05) is 0 Å². The molecule has 1 atom stereocenters. The van der Waals surface area contributed by atoms with Gasteiger partial charge in [0.15, 0.2) is 0 Å². The van der Waals surface area contributed by atoms with Gasteiger partial charge in [-0.2, -0.15) is 0 Å². The van der Waals surface area contributed by atoms with Crippen molar-refractivity contribution in [3.05, 3.63) is 33.1 Å². The summed E-state index contributed by atoms with van der Waals surface area (Å²) in [7, 11) is 0. The van der Waals surface area contributed by atoms with E-state index in [4.69, 9.17) is 0 Å². The maximum Gasteiger partial charge on any atom is 0.328 e. The Balaban J connectivity index is 2.09. The van der Waals surface area contributed by atoms with Crippen LogP contribution in [0.15, 0.2) is 21.9 Å². The quantitative estimate of drug-likeness (QED) is 0.701. The van der Waals surface area contributed by atoms with Crippen LogP contribution in [0.1, 0.15) is 19.3 Å². The summed E-state index contributed by atoms with van der Waals surface area (Å²) in [6.45, 7) is 1.65. The topological polar surface area (TPSA) is 66.9 Å². The third kappa shape index (κ3) is 2.56. The van der Waals surface area contributed by atoms with Gasteiger partial charge in [-0.3, -0.25) is 14.3 Å². The maximum absolute atomic E-state index is 11.4. The fourth-order valence-electron chi connectivity index (χ4n) is 1.91. The van der Waals surface area contributed by atoms with Crippen molar-refractivity contribution in [2.45, 2.75) is 31.8 Å². The van der Waals surface area contributed by atoms with Gasteiger partial charge < -0.3 is 5.32 Å². The van der Waals surface area contributed by atoms with Gasteiger partial charge in [0.25, 0.3) is 5.56 Å². The van der Waals surface area contributed by atoms with E-state index in [1.165, 1.54) is 18.9 Å². The fourth-order valence-corrected chi connectivity index (χ4v) is 1.91. The Hall–Kier alpha value is -1.36. The van der Waals surface area contributed by atoms with Crippen LogP contribution in [0.2, 0.25) is 0 Å². The smallest absolute Gasteiger partial charge is 0.312 e. The summed E-state index contributed by atoms with van der Waals surface area (Å²) in [5.74, 6) is 0. The van der Waals surface area contributed by atoms with Crippen LogP contribution >= 0.6 is 0 Å². The highest BCUT2D eigenvalue weighted by Crippen LogP contribution is 2.07. The molecule has 2 N–H and O–H groups in total. The Kier molecular flexibility index (Phi) is 3.01. The van der Waals surface area contributed by atoms with E-state index >= 15 is 0 Å².